The van der Waals surface area contributed by atoms with Gasteiger partial charge >= 0.3 is 0 Å². The second kappa shape index (κ2) is 7.15. The lowest BCUT2D eigenvalue weighted by molar-refractivity contribution is 0.0858. The summed E-state index contributed by atoms with van der Waals surface area (Å²) in [6, 6.07) is 7.62. The van der Waals surface area contributed by atoms with Crippen LogP contribution in [0.15, 0.2) is 29.6 Å². The third kappa shape index (κ3) is 3.66. The topological polar surface area (TPSA) is 61.4 Å². The average Bonchev–Trinajstić information content (AvgIpc) is 3.02. The second-order valence-electron chi connectivity index (χ2n) is 6.14. The molecule has 3 rings (SSSR count). The van der Waals surface area contributed by atoms with E-state index in [1.165, 1.54) is 35.3 Å². The van der Waals surface area contributed by atoms with Crippen molar-refractivity contribution in [2.45, 2.75) is 25.7 Å². The van der Waals surface area contributed by atoms with Gasteiger partial charge in [-0.25, -0.2) is 5.01 Å². The summed E-state index contributed by atoms with van der Waals surface area (Å²) in [5, 5.41) is 6.81. The largest absolute Gasteiger partial charge is 0.313 e. The van der Waals surface area contributed by atoms with Crippen LogP contribution in [-0.4, -0.2) is 30.9 Å². The second-order valence-corrected chi connectivity index (χ2v) is 7.06. The Morgan fingerprint density at radius 2 is 1.79 bits per heavy atom. The van der Waals surface area contributed by atoms with Crippen molar-refractivity contribution in [3.05, 3.63) is 51.9 Å². The van der Waals surface area contributed by atoms with E-state index in [1.54, 1.807) is 30.6 Å². The minimum Gasteiger partial charge on any atom is -0.313 e. The molecular weight excluding hydrogens is 322 g/mol. The van der Waals surface area contributed by atoms with E-state index in [0.717, 1.165) is 12.8 Å². The number of carbonyl (C=O) groups excluding carboxylic acids is 2. The number of nitrogens with zero attached hydrogens (tertiary/aromatic N) is 1. The fourth-order valence-electron chi connectivity index (χ4n) is 2.90. The number of carbonyl (C=O) groups is 2. The van der Waals surface area contributed by atoms with E-state index in [4.69, 9.17) is 0 Å². The number of anilines is 1. The van der Waals surface area contributed by atoms with Crippen LogP contribution in [0.25, 0.3) is 0 Å². The maximum absolute atomic E-state index is 12.5. The van der Waals surface area contributed by atoms with Crippen LogP contribution in [0.3, 0.4) is 0 Å². The average molecular weight is 343 g/mol. The molecule has 126 valence electrons. The first-order valence-corrected chi connectivity index (χ1v) is 8.91. The van der Waals surface area contributed by atoms with E-state index < -0.39 is 0 Å². The first kappa shape index (κ1) is 16.7. The maximum Gasteiger partial charge on any atom is 0.268 e. The summed E-state index contributed by atoms with van der Waals surface area (Å²) in [6.07, 6.45) is 4.53. The molecule has 1 heterocycles. The molecule has 1 aromatic heterocycles. The molecule has 5 nitrogen and oxygen atoms in total. The Morgan fingerprint density at radius 1 is 1.04 bits per heavy atom. The molecule has 0 saturated heterocycles. The van der Waals surface area contributed by atoms with Gasteiger partial charge in [0, 0.05) is 19.7 Å². The zero-order valence-corrected chi connectivity index (χ0v) is 14.7. The van der Waals surface area contributed by atoms with Gasteiger partial charge in [-0.2, -0.15) is 0 Å². The summed E-state index contributed by atoms with van der Waals surface area (Å²) in [4.78, 5) is 24.7. The van der Waals surface area contributed by atoms with Crippen molar-refractivity contribution in [3.8, 4) is 0 Å². The minimum absolute atomic E-state index is 0.176. The van der Waals surface area contributed by atoms with Crippen LogP contribution in [0.5, 0.6) is 0 Å². The summed E-state index contributed by atoms with van der Waals surface area (Å²) in [7, 11) is 3.49. The van der Waals surface area contributed by atoms with Gasteiger partial charge in [0.2, 0.25) is 0 Å². The number of fused-ring (bicyclic) bond motifs is 1. The van der Waals surface area contributed by atoms with Crippen molar-refractivity contribution >= 4 is 28.2 Å². The SMILES string of the molecule is CN(C)NC(=O)c1ccsc1NC(=O)c1ccc2c(c1)CCCC2. The molecule has 0 aliphatic heterocycles. The van der Waals surface area contributed by atoms with Gasteiger partial charge in [-0.1, -0.05) is 6.07 Å². The van der Waals surface area contributed by atoms with E-state index in [2.05, 4.69) is 16.8 Å². The van der Waals surface area contributed by atoms with Gasteiger partial charge in [-0.05, 0) is 60.4 Å². The molecule has 0 bridgehead atoms. The number of hydrogen-bond acceptors (Lipinski definition) is 4. The smallest absolute Gasteiger partial charge is 0.268 e. The highest BCUT2D eigenvalue weighted by Crippen LogP contribution is 2.26. The van der Waals surface area contributed by atoms with Crippen molar-refractivity contribution in [1.29, 1.82) is 0 Å². The lowest BCUT2D eigenvalue weighted by atomic mass is 9.90. The van der Waals surface area contributed by atoms with Crippen LogP contribution < -0.4 is 10.7 Å². The molecule has 0 atom stereocenters. The van der Waals surface area contributed by atoms with Crippen LogP contribution in [0.1, 0.15) is 44.7 Å². The molecule has 24 heavy (non-hydrogen) atoms. The molecule has 0 spiro atoms. The van der Waals surface area contributed by atoms with Crippen molar-refractivity contribution in [1.82, 2.24) is 10.4 Å². The lowest BCUT2D eigenvalue weighted by Gasteiger charge is -2.16. The zero-order chi connectivity index (χ0) is 17.1. The highest BCUT2D eigenvalue weighted by atomic mass is 32.1. The third-order valence-electron chi connectivity index (χ3n) is 4.07. The lowest BCUT2D eigenvalue weighted by Crippen LogP contribution is -2.36. The molecular formula is C18H21N3O2S. The summed E-state index contributed by atoms with van der Waals surface area (Å²) >= 11 is 1.35. The fraction of sp³-hybridized carbons (Fsp3) is 0.333. The number of hydrazine groups is 1. The number of aryl methyl sites for hydroxylation is 2. The van der Waals surface area contributed by atoms with Gasteiger partial charge in [-0.15, -0.1) is 11.3 Å². The number of thiophene rings is 1. The Hall–Kier alpha value is -2.18. The fourth-order valence-corrected chi connectivity index (χ4v) is 3.68. The molecule has 1 aliphatic rings. The van der Waals surface area contributed by atoms with Crippen molar-refractivity contribution in [2.24, 2.45) is 0 Å². The Bertz CT molecular complexity index is 767. The zero-order valence-electron chi connectivity index (χ0n) is 13.9. The summed E-state index contributed by atoms with van der Waals surface area (Å²) in [5.74, 6) is -0.410. The molecule has 0 unspecified atom stereocenters. The van der Waals surface area contributed by atoms with Crippen molar-refractivity contribution in [2.75, 3.05) is 19.4 Å². The predicted molar refractivity (Wildman–Crippen MR) is 96.5 cm³/mol. The minimum atomic E-state index is -0.234. The molecule has 0 radical (unpaired) electrons. The summed E-state index contributed by atoms with van der Waals surface area (Å²) in [6.45, 7) is 0. The van der Waals surface area contributed by atoms with Crippen molar-refractivity contribution in [3.63, 3.8) is 0 Å². The van der Waals surface area contributed by atoms with E-state index >= 15 is 0 Å². The maximum atomic E-state index is 12.5. The molecule has 0 fully saturated rings. The molecule has 2 aromatic rings. The number of nitrogens with one attached hydrogen (secondary N) is 2. The predicted octanol–water partition coefficient (Wildman–Crippen LogP) is 3.09. The van der Waals surface area contributed by atoms with E-state index in [0.29, 0.717) is 16.1 Å². The Kier molecular flexibility index (Phi) is 4.97. The van der Waals surface area contributed by atoms with E-state index in [1.807, 2.05) is 12.1 Å². The summed E-state index contributed by atoms with van der Waals surface area (Å²) in [5.41, 5.74) is 6.42. The van der Waals surface area contributed by atoms with Gasteiger partial charge in [0.25, 0.3) is 11.8 Å². The van der Waals surface area contributed by atoms with Gasteiger partial charge in [0.15, 0.2) is 0 Å². The standard InChI is InChI=1S/C18H21N3O2S/c1-21(2)20-17(23)15-9-10-24-18(15)19-16(22)14-8-7-12-5-3-4-6-13(12)11-14/h7-11H,3-6H2,1-2H3,(H,19,22)(H,20,23). The van der Waals surface area contributed by atoms with E-state index in [9.17, 15) is 9.59 Å². The van der Waals surface area contributed by atoms with Gasteiger partial charge in [-0.3, -0.25) is 15.0 Å². The van der Waals surface area contributed by atoms with Crippen LogP contribution >= 0.6 is 11.3 Å². The van der Waals surface area contributed by atoms with Crippen molar-refractivity contribution < 1.29 is 9.59 Å². The van der Waals surface area contributed by atoms with Gasteiger partial charge in [0.1, 0.15) is 5.00 Å². The first-order chi connectivity index (χ1) is 11.5. The third-order valence-corrected chi connectivity index (χ3v) is 4.90. The van der Waals surface area contributed by atoms with Gasteiger partial charge in [0.05, 0.1) is 5.56 Å². The molecule has 1 aliphatic carbocycles. The monoisotopic (exact) mass is 343 g/mol. The molecule has 2 N–H and O–H groups in total. The highest BCUT2D eigenvalue weighted by molar-refractivity contribution is 7.14. The van der Waals surface area contributed by atoms with Crippen LogP contribution in [0.4, 0.5) is 5.00 Å². The molecule has 6 heteroatoms. The first-order valence-electron chi connectivity index (χ1n) is 8.03. The van der Waals surface area contributed by atoms with Crippen LogP contribution in [0, 0.1) is 0 Å². The van der Waals surface area contributed by atoms with Gasteiger partial charge < -0.3 is 5.32 Å². The molecule has 1 aromatic carbocycles. The van der Waals surface area contributed by atoms with Crippen LogP contribution in [-0.2, 0) is 12.8 Å². The van der Waals surface area contributed by atoms with Crippen LogP contribution in [0.2, 0.25) is 0 Å². The molecule has 0 saturated carbocycles. The Balaban J connectivity index is 1.76. The number of rotatable bonds is 4. The van der Waals surface area contributed by atoms with E-state index in [-0.39, 0.29) is 11.8 Å². The Morgan fingerprint density at radius 3 is 2.54 bits per heavy atom. The highest BCUT2D eigenvalue weighted by Gasteiger charge is 2.17. The number of amides is 2. The normalized spacial score (nSPS) is 13.5. The Labute approximate surface area is 145 Å². The number of hydrogen-bond donors (Lipinski definition) is 2. The summed E-state index contributed by atoms with van der Waals surface area (Å²) < 4.78 is 0. The number of benzene rings is 1. The quantitative estimate of drug-likeness (QED) is 0.839. The molecule has 2 amide bonds.